The van der Waals surface area contributed by atoms with Gasteiger partial charge in [-0.2, -0.15) is 0 Å². The second-order valence-electron chi connectivity index (χ2n) is 6.40. The molecule has 2 rings (SSSR count). The van der Waals surface area contributed by atoms with Crippen LogP contribution >= 0.6 is 12.4 Å². The molecule has 0 radical (unpaired) electrons. The average molecular weight is 366 g/mol. The van der Waals surface area contributed by atoms with Crippen molar-refractivity contribution in [2.24, 2.45) is 11.7 Å². The number of rotatable bonds is 9. The molecule has 25 heavy (non-hydrogen) atoms. The summed E-state index contributed by atoms with van der Waals surface area (Å²) in [5.74, 6) is 0.496. The molecule has 0 unspecified atom stereocenters. The van der Waals surface area contributed by atoms with Crippen LogP contribution < -0.4 is 5.73 Å². The van der Waals surface area contributed by atoms with E-state index >= 15 is 0 Å². The van der Waals surface area contributed by atoms with E-state index in [1.807, 2.05) is 30.3 Å². The van der Waals surface area contributed by atoms with Gasteiger partial charge in [0.15, 0.2) is 5.69 Å². The van der Waals surface area contributed by atoms with Crippen molar-refractivity contribution in [3.05, 3.63) is 47.8 Å². The highest BCUT2D eigenvalue weighted by Crippen LogP contribution is 2.10. The number of nitrogens with two attached hydrogens (primary N) is 1. The number of benzene rings is 1. The standard InChI is InChI=1S/C18H27N5O.ClH/c1-15(2)9-12-23-14-17(20-21-23)18(24)22(11-6-10-19)13-16-7-4-3-5-8-16;/h3-5,7-8,14-15H,6,9-13,19H2,1-2H3;1H. The van der Waals surface area contributed by atoms with E-state index in [1.54, 1.807) is 15.8 Å². The van der Waals surface area contributed by atoms with Crippen LogP contribution in [-0.2, 0) is 13.1 Å². The summed E-state index contributed by atoms with van der Waals surface area (Å²) >= 11 is 0. The topological polar surface area (TPSA) is 77.0 Å². The third-order valence-corrected chi connectivity index (χ3v) is 3.83. The summed E-state index contributed by atoms with van der Waals surface area (Å²) in [5, 5.41) is 8.13. The van der Waals surface area contributed by atoms with Crippen LogP contribution in [0.1, 0.15) is 42.7 Å². The maximum Gasteiger partial charge on any atom is 0.276 e. The molecule has 1 aromatic carbocycles. The van der Waals surface area contributed by atoms with Crippen LogP contribution in [0.25, 0.3) is 0 Å². The van der Waals surface area contributed by atoms with Gasteiger partial charge in [0.1, 0.15) is 0 Å². The van der Waals surface area contributed by atoms with Crippen molar-refractivity contribution in [3.63, 3.8) is 0 Å². The van der Waals surface area contributed by atoms with E-state index in [4.69, 9.17) is 5.73 Å². The van der Waals surface area contributed by atoms with Gasteiger partial charge in [-0.1, -0.05) is 49.4 Å². The highest BCUT2D eigenvalue weighted by atomic mass is 35.5. The van der Waals surface area contributed by atoms with Gasteiger partial charge in [-0.25, -0.2) is 0 Å². The third-order valence-electron chi connectivity index (χ3n) is 3.83. The van der Waals surface area contributed by atoms with Crippen molar-refractivity contribution >= 4 is 18.3 Å². The average Bonchev–Trinajstić information content (AvgIpc) is 3.06. The van der Waals surface area contributed by atoms with E-state index < -0.39 is 0 Å². The van der Waals surface area contributed by atoms with E-state index in [-0.39, 0.29) is 18.3 Å². The van der Waals surface area contributed by atoms with Crippen molar-refractivity contribution in [2.45, 2.75) is 39.8 Å². The first-order valence-electron chi connectivity index (χ1n) is 8.53. The van der Waals surface area contributed by atoms with Crippen molar-refractivity contribution < 1.29 is 4.79 Å². The van der Waals surface area contributed by atoms with Crippen LogP contribution in [0.5, 0.6) is 0 Å². The lowest BCUT2D eigenvalue weighted by atomic mass is 10.1. The van der Waals surface area contributed by atoms with Gasteiger partial charge in [0.25, 0.3) is 5.91 Å². The fraction of sp³-hybridized carbons (Fsp3) is 0.500. The number of carbonyl (C=O) groups excluding carboxylic acids is 1. The molecule has 0 spiro atoms. The largest absolute Gasteiger partial charge is 0.333 e. The molecule has 0 saturated heterocycles. The van der Waals surface area contributed by atoms with Crippen LogP contribution in [0.15, 0.2) is 36.5 Å². The summed E-state index contributed by atoms with van der Waals surface area (Å²) in [6.07, 6.45) is 3.52. The van der Waals surface area contributed by atoms with Gasteiger partial charge in [-0.15, -0.1) is 17.5 Å². The first kappa shape index (κ1) is 21.1. The predicted octanol–water partition coefficient (Wildman–Crippen LogP) is 2.74. The number of aryl methyl sites for hydroxylation is 1. The Kier molecular flexibility index (Phi) is 9.16. The molecule has 1 heterocycles. The lowest BCUT2D eigenvalue weighted by Crippen LogP contribution is -2.32. The number of hydrogen-bond donors (Lipinski definition) is 1. The zero-order chi connectivity index (χ0) is 17.4. The number of halogens is 1. The summed E-state index contributed by atoms with van der Waals surface area (Å²) in [6, 6.07) is 9.95. The second-order valence-corrected chi connectivity index (χ2v) is 6.40. The van der Waals surface area contributed by atoms with Crippen LogP contribution in [0.2, 0.25) is 0 Å². The van der Waals surface area contributed by atoms with E-state index in [1.165, 1.54) is 0 Å². The minimum absolute atomic E-state index is 0. The maximum absolute atomic E-state index is 12.8. The van der Waals surface area contributed by atoms with Gasteiger partial charge in [0.2, 0.25) is 0 Å². The molecule has 6 nitrogen and oxygen atoms in total. The summed E-state index contributed by atoms with van der Waals surface area (Å²) in [7, 11) is 0. The lowest BCUT2D eigenvalue weighted by molar-refractivity contribution is 0.0736. The molecule has 0 saturated carbocycles. The molecule has 7 heteroatoms. The SMILES string of the molecule is CC(C)CCn1cc(C(=O)N(CCCN)Cc2ccccc2)nn1.Cl. The number of nitrogens with zero attached hydrogens (tertiary/aromatic N) is 4. The van der Waals surface area contributed by atoms with Crippen molar-refractivity contribution in [1.82, 2.24) is 19.9 Å². The van der Waals surface area contributed by atoms with Crippen LogP contribution in [0, 0.1) is 5.92 Å². The second kappa shape index (κ2) is 10.8. The first-order chi connectivity index (χ1) is 11.6. The Hall–Kier alpha value is -1.92. The van der Waals surface area contributed by atoms with Crippen LogP contribution in [-0.4, -0.2) is 38.9 Å². The molecule has 0 aliphatic carbocycles. The normalized spacial score (nSPS) is 10.6. The van der Waals surface area contributed by atoms with Gasteiger partial charge >= 0.3 is 0 Å². The summed E-state index contributed by atoms with van der Waals surface area (Å²) in [5.41, 5.74) is 7.10. The van der Waals surface area contributed by atoms with E-state index in [0.29, 0.717) is 31.2 Å². The molecule has 138 valence electrons. The van der Waals surface area contributed by atoms with E-state index in [9.17, 15) is 4.79 Å². The van der Waals surface area contributed by atoms with Crippen LogP contribution in [0.3, 0.4) is 0 Å². The quantitative estimate of drug-likeness (QED) is 0.741. The fourth-order valence-electron chi connectivity index (χ4n) is 2.40. The molecule has 1 amide bonds. The zero-order valence-corrected chi connectivity index (χ0v) is 15.8. The highest BCUT2D eigenvalue weighted by Gasteiger charge is 2.19. The maximum atomic E-state index is 12.8. The smallest absolute Gasteiger partial charge is 0.276 e. The lowest BCUT2D eigenvalue weighted by Gasteiger charge is -2.21. The summed E-state index contributed by atoms with van der Waals surface area (Å²) in [6.45, 7) is 6.83. The monoisotopic (exact) mass is 365 g/mol. The van der Waals surface area contributed by atoms with Gasteiger partial charge in [0.05, 0.1) is 6.20 Å². The minimum atomic E-state index is -0.0944. The molecule has 1 aromatic heterocycles. The van der Waals surface area contributed by atoms with Gasteiger partial charge in [-0.05, 0) is 30.9 Å². The van der Waals surface area contributed by atoms with Crippen molar-refractivity contribution in [2.75, 3.05) is 13.1 Å². The Morgan fingerprint density at radius 2 is 2.00 bits per heavy atom. The number of carbonyl (C=O) groups is 1. The molecular formula is C18H28ClN5O. The zero-order valence-electron chi connectivity index (χ0n) is 15.0. The minimum Gasteiger partial charge on any atom is -0.333 e. The fourth-order valence-corrected chi connectivity index (χ4v) is 2.40. The molecule has 0 fully saturated rings. The molecule has 2 N–H and O–H groups in total. The van der Waals surface area contributed by atoms with Crippen molar-refractivity contribution in [1.29, 1.82) is 0 Å². The first-order valence-corrected chi connectivity index (χ1v) is 8.53. The Bertz CT molecular complexity index is 629. The third kappa shape index (κ3) is 6.84. The van der Waals surface area contributed by atoms with Gasteiger partial charge in [0, 0.05) is 19.6 Å². The van der Waals surface area contributed by atoms with E-state index in [2.05, 4.69) is 24.2 Å². The molecule has 0 aliphatic heterocycles. The predicted molar refractivity (Wildman–Crippen MR) is 102 cm³/mol. The highest BCUT2D eigenvalue weighted by molar-refractivity contribution is 5.91. The summed E-state index contributed by atoms with van der Waals surface area (Å²) < 4.78 is 1.75. The molecule has 0 aliphatic rings. The number of amides is 1. The molecule has 2 aromatic rings. The number of hydrogen-bond acceptors (Lipinski definition) is 4. The molecule has 0 bridgehead atoms. The van der Waals surface area contributed by atoms with Crippen LogP contribution in [0.4, 0.5) is 0 Å². The Balaban J connectivity index is 0.00000312. The Labute approximate surface area is 155 Å². The Morgan fingerprint density at radius 3 is 2.64 bits per heavy atom. The van der Waals surface area contributed by atoms with Crippen molar-refractivity contribution in [3.8, 4) is 0 Å². The molecular weight excluding hydrogens is 338 g/mol. The molecule has 0 atom stereocenters. The van der Waals surface area contributed by atoms with Gasteiger partial charge in [-0.3, -0.25) is 9.48 Å². The van der Waals surface area contributed by atoms with E-state index in [0.717, 1.165) is 24.9 Å². The van der Waals surface area contributed by atoms with Gasteiger partial charge < -0.3 is 10.6 Å². The summed E-state index contributed by atoms with van der Waals surface area (Å²) in [4.78, 5) is 14.6. The number of aromatic nitrogens is 3. The Morgan fingerprint density at radius 1 is 1.28 bits per heavy atom.